The van der Waals surface area contributed by atoms with Gasteiger partial charge in [-0.2, -0.15) is 0 Å². The fourth-order valence-corrected chi connectivity index (χ4v) is 4.15. The zero-order valence-electron chi connectivity index (χ0n) is 14.7. The molecular formula is C19H13BrCl2N2O4S. The van der Waals surface area contributed by atoms with E-state index in [-0.39, 0.29) is 18.4 Å². The molecular weight excluding hydrogens is 503 g/mol. The summed E-state index contributed by atoms with van der Waals surface area (Å²) >= 11 is 16.1. The second-order valence-corrected chi connectivity index (χ2v) is 8.62. The molecule has 0 bridgehead atoms. The van der Waals surface area contributed by atoms with Crippen molar-refractivity contribution >= 4 is 74.0 Å². The molecule has 6 nitrogen and oxygen atoms in total. The molecule has 0 spiro atoms. The summed E-state index contributed by atoms with van der Waals surface area (Å²) in [6.07, 6.45) is 1.61. The van der Waals surface area contributed by atoms with Gasteiger partial charge in [0.15, 0.2) is 6.61 Å². The molecule has 29 heavy (non-hydrogen) atoms. The summed E-state index contributed by atoms with van der Waals surface area (Å²) in [6.45, 7) is -0.145. The first-order valence-electron chi connectivity index (χ1n) is 8.14. The van der Waals surface area contributed by atoms with E-state index in [1.165, 1.54) is 0 Å². The minimum absolute atomic E-state index is 0.0997. The standard InChI is InChI=1S/C19H13BrCl2N2O4S/c20-12-5-10(2-4-15(12)28-9-17(23)25)7-16-18(26)24(19(27)29-16)8-11-1-3-13(21)14(22)6-11/h1-7H,8-9H2,(H2,23,25)/b16-7-. The molecule has 0 aliphatic carbocycles. The second-order valence-electron chi connectivity index (χ2n) is 5.96. The molecule has 10 heteroatoms. The molecule has 0 unspecified atom stereocenters. The van der Waals surface area contributed by atoms with Gasteiger partial charge in [0.2, 0.25) is 0 Å². The molecule has 0 atom stereocenters. The van der Waals surface area contributed by atoms with Crippen LogP contribution in [-0.4, -0.2) is 28.6 Å². The van der Waals surface area contributed by atoms with Crippen molar-refractivity contribution in [3.05, 3.63) is 66.9 Å². The third kappa shape index (κ3) is 5.33. The lowest BCUT2D eigenvalue weighted by Crippen LogP contribution is -2.27. The van der Waals surface area contributed by atoms with E-state index < -0.39 is 11.8 Å². The highest BCUT2D eigenvalue weighted by atomic mass is 79.9. The Morgan fingerprint density at radius 2 is 1.93 bits per heavy atom. The number of amides is 3. The van der Waals surface area contributed by atoms with Crippen LogP contribution in [0.2, 0.25) is 10.0 Å². The smallest absolute Gasteiger partial charge is 0.293 e. The first-order valence-corrected chi connectivity index (χ1v) is 10.5. The molecule has 2 aromatic rings. The van der Waals surface area contributed by atoms with E-state index in [1.807, 2.05) is 0 Å². The van der Waals surface area contributed by atoms with Gasteiger partial charge in [0, 0.05) is 0 Å². The van der Waals surface area contributed by atoms with E-state index >= 15 is 0 Å². The van der Waals surface area contributed by atoms with Crippen LogP contribution in [0.15, 0.2) is 45.8 Å². The summed E-state index contributed by atoms with van der Waals surface area (Å²) in [7, 11) is 0. The van der Waals surface area contributed by atoms with Crippen LogP contribution in [0.5, 0.6) is 5.75 Å². The van der Waals surface area contributed by atoms with Crippen molar-refractivity contribution in [2.45, 2.75) is 6.54 Å². The molecule has 1 aliphatic heterocycles. The number of carbonyl (C=O) groups is 3. The summed E-state index contributed by atoms with van der Waals surface area (Å²) in [5, 5.41) is 0.390. The number of halogens is 3. The number of benzene rings is 2. The van der Waals surface area contributed by atoms with Gasteiger partial charge < -0.3 is 10.5 Å². The number of carbonyl (C=O) groups excluding carboxylic acids is 3. The van der Waals surface area contributed by atoms with Gasteiger partial charge >= 0.3 is 0 Å². The fourth-order valence-electron chi connectivity index (χ4n) is 2.48. The van der Waals surface area contributed by atoms with Crippen LogP contribution >= 0.6 is 50.9 Å². The zero-order valence-corrected chi connectivity index (χ0v) is 18.6. The molecule has 0 aromatic heterocycles. The average Bonchev–Trinajstić information content (AvgIpc) is 2.91. The van der Waals surface area contributed by atoms with Crippen LogP contribution in [0.1, 0.15) is 11.1 Å². The maximum atomic E-state index is 12.7. The Morgan fingerprint density at radius 1 is 1.17 bits per heavy atom. The van der Waals surface area contributed by atoms with E-state index in [4.69, 9.17) is 33.7 Å². The van der Waals surface area contributed by atoms with Gasteiger partial charge in [-0.15, -0.1) is 0 Å². The highest BCUT2D eigenvalue weighted by molar-refractivity contribution is 9.10. The number of hydrogen-bond donors (Lipinski definition) is 1. The van der Waals surface area contributed by atoms with Gasteiger partial charge in [0.05, 0.1) is 26.0 Å². The maximum absolute atomic E-state index is 12.7. The third-order valence-corrected chi connectivity index (χ3v) is 6.09. The van der Waals surface area contributed by atoms with Gasteiger partial charge in [0.25, 0.3) is 17.1 Å². The zero-order chi connectivity index (χ0) is 21.1. The van der Waals surface area contributed by atoms with Crippen LogP contribution in [0.4, 0.5) is 4.79 Å². The van der Waals surface area contributed by atoms with Gasteiger partial charge in [-0.05, 0) is 69.2 Å². The van der Waals surface area contributed by atoms with Crippen molar-refractivity contribution < 1.29 is 19.1 Å². The predicted molar refractivity (Wildman–Crippen MR) is 117 cm³/mol. The van der Waals surface area contributed by atoms with E-state index in [0.717, 1.165) is 16.7 Å². The minimum atomic E-state index is -0.586. The SMILES string of the molecule is NC(=O)COc1ccc(/C=C2\SC(=O)N(Cc3ccc(Cl)c(Cl)c3)C2=O)cc1Br. The normalized spacial score (nSPS) is 15.3. The summed E-state index contributed by atoms with van der Waals surface area (Å²) in [6, 6.07) is 10.0. The van der Waals surface area contributed by atoms with Crippen LogP contribution in [-0.2, 0) is 16.1 Å². The Morgan fingerprint density at radius 3 is 2.59 bits per heavy atom. The molecule has 1 heterocycles. The Hall–Kier alpha value is -2.00. The third-order valence-electron chi connectivity index (χ3n) is 3.82. The molecule has 2 aromatic carbocycles. The van der Waals surface area contributed by atoms with Crippen LogP contribution in [0.3, 0.4) is 0 Å². The second kappa shape index (κ2) is 9.21. The van der Waals surface area contributed by atoms with E-state index in [1.54, 1.807) is 42.5 Å². The highest BCUT2D eigenvalue weighted by Crippen LogP contribution is 2.35. The minimum Gasteiger partial charge on any atom is -0.483 e. The summed E-state index contributed by atoms with van der Waals surface area (Å²) in [4.78, 5) is 37.3. The number of nitrogens with zero attached hydrogens (tertiary/aromatic N) is 1. The summed E-state index contributed by atoms with van der Waals surface area (Å²) in [5.74, 6) is -0.540. The Balaban J connectivity index is 1.76. The predicted octanol–water partition coefficient (Wildman–Crippen LogP) is 4.86. The van der Waals surface area contributed by atoms with E-state index in [2.05, 4.69) is 15.9 Å². The van der Waals surface area contributed by atoms with E-state index in [0.29, 0.717) is 36.3 Å². The molecule has 0 radical (unpaired) electrons. The lowest BCUT2D eigenvalue weighted by Gasteiger charge is -2.13. The monoisotopic (exact) mass is 514 g/mol. The molecule has 3 rings (SSSR count). The van der Waals surface area contributed by atoms with Gasteiger partial charge in [-0.3, -0.25) is 19.3 Å². The number of imide groups is 1. The topological polar surface area (TPSA) is 89.7 Å². The Labute approximate surface area is 189 Å². The van der Waals surface area contributed by atoms with Gasteiger partial charge in [-0.1, -0.05) is 35.3 Å². The number of hydrogen-bond acceptors (Lipinski definition) is 5. The van der Waals surface area contributed by atoms with Gasteiger partial charge in [0.1, 0.15) is 5.75 Å². The Bertz CT molecular complexity index is 1040. The number of nitrogens with two attached hydrogens (primary N) is 1. The molecule has 0 saturated carbocycles. The lowest BCUT2D eigenvalue weighted by molar-refractivity contribution is -0.123. The summed E-state index contributed by atoms with van der Waals surface area (Å²) < 4.78 is 5.85. The molecule has 3 amide bonds. The van der Waals surface area contributed by atoms with Crippen LogP contribution < -0.4 is 10.5 Å². The quantitative estimate of drug-likeness (QED) is 0.555. The fraction of sp³-hybridized carbons (Fsp3) is 0.105. The lowest BCUT2D eigenvalue weighted by atomic mass is 10.2. The van der Waals surface area contributed by atoms with Crippen molar-refractivity contribution in [1.29, 1.82) is 0 Å². The number of primary amides is 1. The first-order chi connectivity index (χ1) is 13.7. The first kappa shape index (κ1) is 21.7. The molecule has 1 saturated heterocycles. The van der Waals surface area contributed by atoms with E-state index in [9.17, 15) is 14.4 Å². The molecule has 150 valence electrons. The number of rotatable bonds is 6. The van der Waals surface area contributed by atoms with Gasteiger partial charge in [-0.25, -0.2) is 0 Å². The number of thioether (sulfide) groups is 1. The van der Waals surface area contributed by atoms with Crippen molar-refractivity contribution in [1.82, 2.24) is 4.90 Å². The molecule has 1 fully saturated rings. The highest BCUT2D eigenvalue weighted by Gasteiger charge is 2.35. The van der Waals surface area contributed by atoms with Crippen molar-refractivity contribution in [3.8, 4) is 5.75 Å². The van der Waals surface area contributed by atoms with Crippen LogP contribution in [0.25, 0.3) is 6.08 Å². The maximum Gasteiger partial charge on any atom is 0.293 e. The average molecular weight is 516 g/mol. The molecule has 1 aliphatic rings. The van der Waals surface area contributed by atoms with Crippen molar-refractivity contribution in [2.24, 2.45) is 5.73 Å². The summed E-state index contributed by atoms with van der Waals surface area (Å²) in [5.41, 5.74) is 6.44. The van der Waals surface area contributed by atoms with Crippen molar-refractivity contribution in [2.75, 3.05) is 6.61 Å². The number of ether oxygens (including phenoxy) is 1. The Kier molecular flexibility index (Phi) is 6.89. The van der Waals surface area contributed by atoms with Crippen molar-refractivity contribution in [3.63, 3.8) is 0 Å². The van der Waals surface area contributed by atoms with Crippen LogP contribution in [0, 0.1) is 0 Å². The largest absolute Gasteiger partial charge is 0.483 e. The molecule has 2 N–H and O–H groups in total.